The van der Waals surface area contributed by atoms with Crippen LogP contribution in [-0.2, 0) is 10.0 Å². The standard InChI is InChI=1S/C14H13BrN2O3S/c1-10-7-8-13(12(15)9-10)21(19,20)17-16-14(18)11-5-3-2-4-6-11/h2-9,17H,1H3,(H,16,18). The number of aryl methyl sites for hydroxylation is 1. The first kappa shape index (κ1) is 15.7. The van der Waals surface area contributed by atoms with Crippen molar-refractivity contribution in [2.45, 2.75) is 11.8 Å². The monoisotopic (exact) mass is 368 g/mol. The number of rotatable bonds is 4. The Bertz CT molecular complexity index is 761. The van der Waals surface area contributed by atoms with Crippen LogP contribution in [0.3, 0.4) is 0 Å². The van der Waals surface area contributed by atoms with Gasteiger partial charge in [0.2, 0.25) is 0 Å². The Morgan fingerprint density at radius 2 is 1.76 bits per heavy atom. The van der Waals surface area contributed by atoms with Gasteiger partial charge in [0.15, 0.2) is 0 Å². The van der Waals surface area contributed by atoms with Crippen molar-refractivity contribution in [3.8, 4) is 0 Å². The van der Waals surface area contributed by atoms with Crippen LogP contribution < -0.4 is 10.3 Å². The molecular weight excluding hydrogens is 356 g/mol. The molecule has 0 saturated heterocycles. The fourth-order valence-corrected chi connectivity index (χ4v) is 3.69. The minimum atomic E-state index is -3.84. The summed E-state index contributed by atoms with van der Waals surface area (Å²) in [6.45, 7) is 1.85. The zero-order valence-electron chi connectivity index (χ0n) is 11.1. The summed E-state index contributed by atoms with van der Waals surface area (Å²) in [4.78, 5) is 13.9. The number of halogens is 1. The van der Waals surface area contributed by atoms with Crippen molar-refractivity contribution in [1.82, 2.24) is 10.3 Å². The third-order valence-electron chi connectivity index (χ3n) is 2.71. The Morgan fingerprint density at radius 3 is 2.38 bits per heavy atom. The van der Waals surface area contributed by atoms with Crippen molar-refractivity contribution in [3.05, 3.63) is 64.1 Å². The molecule has 0 fully saturated rings. The first-order valence-corrected chi connectivity index (χ1v) is 8.31. The van der Waals surface area contributed by atoms with Gasteiger partial charge in [-0.05, 0) is 52.7 Å². The fraction of sp³-hybridized carbons (Fsp3) is 0.0714. The normalized spacial score (nSPS) is 11.1. The predicted octanol–water partition coefficient (Wildman–Crippen LogP) is 2.38. The molecule has 0 bridgehead atoms. The zero-order chi connectivity index (χ0) is 15.5. The highest BCUT2D eigenvalue weighted by atomic mass is 79.9. The third kappa shape index (κ3) is 3.90. The average molecular weight is 369 g/mol. The van der Waals surface area contributed by atoms with Crippen LogP contribution in [0, 0.1) is 6.92 Å². The summed E-state index contributed by atoms with van der Waals surface area (Å²) in [5, 5.41) is 0. The van der Waals surface area contributed by atoms with Crippen molar-refractivity contribution in [2.24, 2.45) is 0 Å². The lowest BCUT2D eigenvalue weighted by molar-refractivity contribution is 0.0945. The van der Waals surface area contributed by atoms with E-state index in [1.807, 2.05) is 6.92 Å². The van der Waals surface area contributed by atoms with Gasteiger partial charge in [-0.25, -0.2) is 8.42 Å². The molecule has 5 nitrogen and oxygen atoms in total. The summed E-state index contributed by atoms with van der Waals surface area (Å²) in [5.41, 5.74) is 3.47. The van der Waals surface area contributed by atoms with Gasteiger partial charge in [-0.3, -0.25) is 10.2 Å². The molecule has 0 radical (unpaired) electrons. The molecule has 0 saturated carbocycles. The van der Waals surface area contributed by atoms with Gasteiger partial charge >= 0.3 is 0 Å². The van der Waals surface area contributed by atoms with Crippen molar-refractivity contribution in [2.75, 3.05) is 0 Å². The molecule has 0 aliphatic heterocycles. The molecule has 2 aromatic carbocycles. The summed E-state index contributed by atoms with van der Waals surface area (Å²) in [6, 6.07) is 13.2. The summed E-state index contributed by atoms with van der Waals surface area (Å²) in [6.07, 6.45) is 0. The van der Waals surface area contributed by atoms with E-state index in [0.29, 0.717) is 10.0 Å². The molecule has 7 heteroatoms. The smallest absolute Gasteiger partial charge is 0.266 e. The van der Waals surface area contributed by atoms with Crippen molar-refractivity contribution < 1.29 is 13.2 Å². The molecule has 0 atom stereocenters. The second-order valence-corrected chi connectivity index (χ2v) is 6.86. The van der Waals surface area contributed by atoms with Gasteiger partial charge < -0.3 is 0 Å². The first-order chi connectivity index (χ1) is 9.90. The molecule has 0 aliphatic rings. The lowest BCUT2D eigenvalue weighted by Crippen LogP contribution is -2.41. The minimum absolute atomic E-state index is 0.0569. The number of hydrogen-bond donors (Lipinski definition) is 2. The van der Waals surface area contributed by atoms with Crippen LogP contribution in [-0.4, -0.2) is 14.3 Å². The van der Waals surface area contributed by atoms with Crippen LogP contribution in [0.5, 0.6) is 0 Å². The molecule has 110 valence electrons. The van der Waals surface area contributed by atoms with Crippen LogP contribution in [0.2, 0.25) is 0 Å². The van der Waals surface area contributed by atoms with Gasteiger partial charge in [-0.1, -0.05) is 24.3 Å². The van der Waals surface area contributed by atoms with Gasteiger partial charge in [0, 0.05) is 10.0 Å². The van der Waals surface area contributed by atoms with Crippen molar-refractivity contribution in [3.63, 3.8) is 0 Å². The lowest BCUT2D eigenvalue weighted by atomic mass is 10.2. The zero-order valence-corrected chi connectivity index (χ0v) is 13.5. The minimum Gasteiger partial charge on any atom is -0.273 e. The summed E-state index contributed by atoms with van der Waals surface area (Å²) < 4.78 is 24.7. The van der Waals surface area contributed by atoms with Crippen LogP contribution >= 0.6 is 15.9 Å². The van der Waals surface area contributed by atoms with E-state index in [0.717, 1.165) is 5.56 Å². The highest BCUT2D eigenvalue weighted by Crippen LogP contribution is 2.22. The van der Waals surface area contributed by atoms with E-state index in [4.69, 9.17) is 0 Å². The number of carbonyl (C=O) groups is 1. The van der Waals surface area contributed by atoms with E-state index < -0.39 is 15.9 Å². The molecule has 0 heterocycles. The second-order valence-electron chi connectivity index (χ2n) is 4.36. The highest BCUT2D eigenvalue weighted by Gasteiger charge is 2.18. The molecule has 0 spiro atoms. The SMILES string of the molecule is Cc1ccc(S(=O)(=O)NNC(=O)c2ccccc2)c(Br)c1. The Kier molecular flexibility index (Phi) is 4.76. The van der Waals surface area contributed by atoms with Crippen LogP contribution in [0.15, 0.2) is 57.9 Å². The maximum Gasteiger partial charge on any atom is 0.266 e. The van der Waals surface area contributed by atoms with E-state index >= 15 is 0 Å². The Labute approximate surface area is 131 Å². The van der Waals surface area contributed by atoms with Crippen LogP contribution in [0.25, 0.3) is 0 Å². The molecule has 0 aromatic heterocycles. The van der Waals surface area contributed by atoms with Gasteiger partial charge in [0.25, 0.3) is 15.9 Å². The van der Waals surface area contributed by atoms with Gasteiger partial charge in [0.1, 0.15) is 0 Å². The number of hydrogen-bond acceptors (Lipinski definition) is 3. The van der Waals surface area contributed by atoms with Crippen LogP contribution in [0.4, 0.5) is 0 Å². The lowest BCUT2D eigenvalue weighted by Gasteiger charge is -2.10. The summed E-state index contributed by atoms with van der Waals surface area (Å²) >= 11 is 3.20. The summed E-state index contributed by atoms with van der Waals surface area (Å²) in [7, 11) is -3.84. The van der Waals surface area contributed by atoms with E-state index in [1.54, 1.807) is 42.5 Å². The van der Waals surface area contributed by atoms with Gasteiger partial charge in [0.05, 0.1) is 4.90 Å². The first-order valence-electron chi connectivity index (χ1n) is 6.03. The molecule has 2 aromatic rings. The Morgan fingerprint density at radius 1 is 1.10 bits per heavy atom. The molecular formula is C14H13BrN2O3S. The number of nitrogens with one attached hydrogen (secondary N) is 2. The second kappa shape index (κ2) is 6.38. The Hall–Kier alpha value is -1.70. The quantitative estimate of drug-likeness (QED) is 0.813. The Balaban J connectivity index is 2.13. The van der Waals surface area contributed by atoms with Gasteiger partial charge in [-0.15, -0.1) is 4.83 Å². The van der Waals surface area contributed by atoms with E-state index in [2.05, 4.69) is 26.2 Å². The molecule has 0 aliphatic carbocycles. The van der Waals surface area contributed by atoms with Gasteiger partial charge in [-0.2, -0.15) is 0 Å². The van der Waals surface area contributed by atoms with E-state index in [-0.39, 0.29) is 4.90 Å². The van der Waals surface area contributed by atoms with Crippen molar-refractivity contribution in [1.29, 1.82) is 0 Å². The fourth-order valence-electron chi connectivity index (χ4n) is 1.65. The maximum absolute atomic E-state index is 12.1. The third-order valence-corrected chi connectivity index (χ3v) is 4.94. The molecule has 0 unspecified atom stereocenters. The number of sulfonamides is 1. The highest BCUT2D eigenvalue weighted by molar-refractivity contribution is 9.10. The average Bonchev–Trinajstić information content (AvgIpc) is 2.45. The summed E-state index contributed by atoms with van der Waals surface area (Å²) in [5.74, 6) is -0.526. The molecule has 21 heavy (non-hydrogen) atoms. The van der Waals surface area contributed by atoms with E-state index in [1.165, 1.54) is 6.07 Å². The molecule has 2 N–H and O–H groups in total. The molecule has 2 rings (SSSR count). The van der Waals surface area contributed by atoms with Crippen LogP contribution in [0.1, 0.15) is 15.9 Å². The number of carbonyl (C=O) groups excluding carboxylic acids is 1. The number of hydrazine groups is 1. The largest absolute Gasteiger partial charge is 0.273 e. The topological polar surface area (TPSA) is 75.3 Å². The van der Waals surface area contributed by atoms with E-state index in [9.17, 15) is 13.2 Å². The number of benzene rings is 2. The molecule has 1 amide bonds. The number of amides is 1. The van der Waals surface area contributed by atoms with Crippen molar-refractivity contribution >= 4 is 31.9 Å². The maximum atomic E-state index is 12.1. The predicted molar refractivity (Wildman–Crippen MR) is 83.1 cm³/mol.